The molecule has 16 heavy (non-hydrogen) atoms. The van der Waals surface area contributed by atoms with Crippen LogP contribution in [0.4, 0.5) is 0 Å². The fourth-order valence-corrected chi connectivity index (χ4v) is 1.96. The van der Waals surface area contributed by atoms with Gasteiger partial charge in [0.15, 0.2) is 0 Å². The van der Waals surface area contributed by atoms with E-state index in [1.165, 1.54) is 0 Å². The average molecular weight is 228 g/mol. The molecule has 0 spiro atoms. The Bertz CT molecular complexity index is 302. The molecule has 0 radical (unpaired) electrons. The van der Waals surface area contributed by atoms with Gasteiger partial charge in [0, 0.05) is 13.1 Å². The lowest BCUT2D eigenvalue weighted by atomic mass is 9.99. The van der Waals surface area contributed by atoms with Crippen molar-refractivity contribution < 1.29 is 14.7 Å². The van der Waals surface area contributed by atoms with Gasteiger partial charge in [0.25, 0.3) is 0 Å². The highest BCUT2D eigenvalue weighted by Crippen LogP contribution is 2.25. The Morgan fingerprint density at radius 3 is 2.31 bits per heavy atom. The van der Waals surface area contributed by atoms with E-state index in [0.717, 1.165) is 0 Å². The number of hydrogen-bond donors (Lipinski definition) is 2. The lowest BCUT2D eigenvalue weighted by Crippen LogP contribution is -2.52. The molecule has 0 bridgehead atoms. The van der Waals surface area contributed by atoms with Gasteiger partial charge < -0.3 is 15.3 Å². The van der Waals surface area contributed by atoms with Crippen LogP contribution < -0.4 is 5.32 Å². The number of aliphatic carboxylic acids is 1. The molecule has 2 atom stereocenters. The zero-order chi connectivity index (χ0) is 12.5. The van der Waals surface area contributed by atoms with Crippen molar-refractivity contribution in [2.24, 2.45) is 11.8 Å². The molecule has 92 valence electrons. The number of carboxylic acids is 1. The first-order valence-electron chi connectivity index (χ1n) is 5.50. The van der Waals surface area contributed by atoms with Crippen LogP contribution in [0.15, 0.2) is 0 Å². The Morgan fingerprint density at radius 1 is 1.38 bits per heavy atom. The number of nitrogens with one attached hydrogen (secondary N) is 1. The third-order valence-corrected chi connectivity index (χ3v) is 3.38. The van der Waals surface area contributed by atoms with Gasteiger partial charge >= 0.3 is 5.97 Å². The van der Waals surface area contributed by atoms with E-state index in [2.05, 4.69) is 5.32 Å². The van der Waals surface area contributed by atoms with Gasteiger partial charge in [-0.15, -0.1) is 0 Å². The number of likely N-dealkylation sites (tertiary alicyclic amines) is 1. The fourth-order valence-electron chi connectivity index (χ4n) is 1.96. The summed E-state index contributed by atoms with van der Waals surface area (Å²) in [5, 5.41) is 11.9. The van der Waals surface area contributed by atoms with E-state index >= 15 is 0 Å². The second-order valence-corrected chi connectivity index (χ2v) is 5.01. The first-order chi connectivity index (χ1) is 7.29. The van der Waals surface area contributed by atoms with Crippen LogP contribution in [0.2, 0.25) is 0 Å². The molecule has 1 aliphatic rings. The quantitative estimate of drug-likeness (QED) is 0.722. The van der Waals surface area contributed by atoms with Crippen LogP contribution >= 0.6 is 0 Å². The van der Waals surface area contributed by atoms with E-state index in [1.54, 1.807) is 25.8 Å². The number of hydrogen-bond acceptors (Lipinski definition) is 3. The second-order valence-electron chi connectivity index (χ2n) is 5.01. The number of nitrogens with zero attached hydrogens (tertiary/aromatic N) is 1. The predicted octanol–water partition coefficient (Wildman–Crippen LogP) is 0.164. The number of carbonyl (C=O) groups excluding carboxylic acids is 1. The number of carbonyl (C=O) groups is 2. The maximum absolute atomic E-state index is 12.1. The summed E-state index contributed by atoms with van der Waals surface area (Å²) in [6, 6.07) is 0. The lowest BCUT2D eigenvalue weighted by molar-refractivity contribution is -0.142. The molecule has 1 saturated heterocycles. The van der Waals surface area contributed by atoms with Crippen molar-refractivity contribution in [2.75, 3.05) is 20.1 Å². The minimum absolute atomic E-state index is 0.0223. The normalized spacial score (nSPS) is 25.9. The van der Waals surface area contributed by atoms with Crippen molar-refractivity contribution in [3.63, 3.8) is 0 Å². The van der Waals surface area contributed by atoms with Crippen LogP contribution in [-0.4, -0.2) is 47.6 Å². The SMILES string of the molecule is CNC(C)(C)C(=O)N1C[C@@H](C)[C@H](C(=O)O)C1. The van der Waals surface area contributed by atoms with Crippen molar-refractivity contribution >= 4 is 11.9 Å². The highest BCUT2D eigenvalue weighted by Gasteiger charge is 2.40. The van der Waals surface area contributed by atoms with Crippen LogP contribution in [-0.2, 0) is 9.59 Å². The molecule has 1 amide bonds. The van der Waals surface area contributed by atoms with Crippen molar-refractivity contribution in [3.8, 4) is 0 Å². The Morgan fingerprint density at radius 2 is 1.94 bits per heavy atom. The molecule has 2 N–H and O–H groups in total. The van der Waals surface area contributed by atoms with Crippen molar-refractivity contribution in [2.45, 2.75) is 26.3 Å². The highest BCUT2D eigenvalue weighted by atomic mass is 16.4. The van der Waals surface area contributed by atoms with Gasteiger partial charge in [-0.1, -0.05) is 6.92 Å². The molecule has 0 aliphatic carbocycles. The largest absolute Gasteiger partial charge is 0.481 e. The van der Waals surface area contributed by atoms with Crippen molar-refractivity contribution in [1.82, 2.24) is 10.2 Å². The summed E-state index contributed by atoms with van der Waals surface area (Å²) in [5.41, 5.74) is -0.632. The summed E-state index contributed by atoms with van der Waals surface area (Å²) >= 11 is 0. The highest BCUT2D eigenvalue weighted by molar-refractivity contribution is 5.86. The molecule has 0 unspecified atom stereocenters. The number of carboxylic acid groups (broad SMARTS) is 1. The molecule has 1 heterocycles. The summed E-state index contributed by atoms with van der Waals surface area (Å²) in [5.74, 6) is -1.26. The lowest BCUT2D eigenvalue weighted by Gasteiger charge is -2.28. The van der Waals surface area contributed by atoms with Gasteiger partial charge in [-0.3, -0.25) is 9.59 Å². The fraction of sp³-hybridized carbons (Fsp3) is 0.818. The minimum atomic E-state index is -0.815. The van der Waals surface area contributed by atoms with Gasteiger partial charge in [0.05, 0.1) is 11.5 Å². The molecule has 0 aromatic carbocycles. The maximum Gasteiger partial charge on any atom is 0.308 e. The predicted molar refractivity (Wildman–Crippen MR) is 60.0 cm³/mol. The third kappa shape index (κ3) is 2.35. The molecule has 1 aliphatic heterocycles. The summed E-state index contributed by atoms with van der Waals surface area (Å²) in [6.07, 6.45) is 0. The van der Waals surface area contributed by atoms with Gasteiger partial charge in [0.2, 0.25) is 5.91 Å². The Hall–Kier alpha value is -1.10. The third-order valence-electron chi connectivity index (χ3n) is 3.38. The summed E-state index contributed by atoms with van der Waals surface area (Å²) in [6.45, 7) is 6.32. The molecule has 1 fully saturated rings. The van der Waals surface area contributed by atoms with E-state index in [-0.39, 0.29) is 11.8 Å². The van der Waals surface area contributed by atoms with Crippen LogP contribution in [0.3, 0.4) is 0 Å². The van der Waals surface area contributed by atoms with Gasteiger partial charge in [-0.25, -0.2) is 0 Å². The molecule has 5 heteroatoms. The van der Waals surface area contributed by atoms with Gasteiger partial charge in [-0.2, -0.15) is 0 Å². The standard InChI is InChI=1S/C11H20N2O3/c1-7-5-13(6-8(7)9(14)15)10(16)11(2,3)12-4/h7-8,12H,5-6H2,1-4H3,(H,14,15)/t7-,8-/m1/s1. The summed E-state index contributed by atoms with van der Waals surface area (Å²) < 4.78 is 0. The molecule has 0 saturated carbocycles. The molecule has 1 rings (SSSR count). The van der Waals surface area contributed by atoms with Crippen LogP contribution in [0.25, 0.3) is 0 Å². The van der Waals surface area contributed by atoms with Gasteiger partial charge in [-0.05, 0) is 26.8 Å². The average Bonchev–Trinajstić information content (AvgIpc) is 2.59. The second kappa shape index (κ2) is 4.41. The molecule has 0 aromatic rings. The van der Waals surface area contributed by atoms with E-state index in [0.29, 0.717) is 13.1 Å². The number of amides is 1. The summed E-state index contributed by atoms with van der Waals surface area (Å²) in [7, 11) is 1.73. The number of rotatable bonds is 3. The van der Waals surface area contributed by atoms with Crippen LogP contribution in [0, 0.1) is 11.8 Å². The smallest absolute Gasteiger partial charge is 0.308 e. The van der Waals surface area contributed by atoms with Crippen molar-refractivity contribution in [3.05, 3.63) is 0 Å². The first kappa shape index (κ1) is 13.0. The van der Waals surface area contributed by atoms with Crippen LogP contribution in [0.5, 0.6) is 0 Å². The number of likely N-dealkylation sites (N-methyl/N-ethyl adjacent to an activating group) is 1. The zero-order valence-corrected chi connectivity index (χ0v) is 10.3. The summed E-state index contributed by atoms with van der Waals surface area (Å²) in [4.78, 5) is 24.7. The monoisotopic (exact) mass is 228 g/mol. The topological polar surface area (TPSA) is 69.6 Å². The van der Waals surface area contributed by atoms with E-state index < -0.39 is 17.4 Å². The Balaban J connectivity index is 2.72. The van der Waals surface area contributed by atoms with Gasteiger partial charge in [0.1, 0.15) is 0 Å². The molecular formula is C11H20N2O3. The minimum Gasteiger partial charge on any atom is -0.481 e. The van der Waals surface area contributed by atoms with Crippen LogP contribution in [0.1, 0.15) is 20.8 Å². The zero-order valence-electron chi connectivity index (χ0n) is 10.3. The van der Waals surface area contributed by atoms with E-state index in [9.17, 15) is 9.59 Å². The molecular weight excluding hydrogens is 208 g/mol. The molecule has 5 nitrogen and oxygen atoms in total. The van der Waals surface area contributed by atoms with E-state index in [1.807, 2.05) is 6.92 Å². The first-order valence-corrected chi connectivity index (χ1v) is 5.50. The Labute approximate surface area is 95.8 Å². The molecule has 0 aromatic heterocycles. The van der Waals surface area contributed by atoms with E-state index in [4.69, 9.17) is 5.11 Å². The Kier molecular flexibility index (Phi) is 3.57. The van der Waals surface area contributed by atoms with Crippen molar-refractivity contribution in [1.29, 1.82) is 0 Å². The maximum atomic E-state index is 12.1.